The normalized spacial score (nSPS) is 11.7. The molecule has 13 aromatic carbocycles. The molecule has 0 bridgehead atoms. The van der Waals surface area contributed by atoms with Gasteiger partial charge in [0.25, 0.3) is 0 Å². The van der Waals surface area contributed by atoms with Crippen molar-refractivity contribution in [2.75, 3.05) is 0 Å². The summed E-state index contributed by atoms with van der Waals surface area (Å²) in [7, 11) is 0. The first-order valence-corrected chi connectivity index (χ1v) is 27.5. The van der Waals surface area contributed by atoms with Gasteiger partial charge < -0.3 is 0 Å². The predicted molar refractivity (Wildman–Crippen MR) is 335 cm³/mol. The summed E-state index contributed by atoms with van der Waals surface area (Å²) in [6.45, 7) is 0. The van der Waals surface area contributed by atoms with Crippen LogP contribution >= 0.6 is 0 Å². The molecule has 3 heterocycles. The minimum absolute atomic E-state index is 0.787. The maximum atomic E-state index is 5.95. The molecule has 0 saturated carbocycles. The third-order valence-electron chi connectivity index (χ3n) is 16.0. The molecule has 0 amide bonds. The average Bonchev–Trinajstić information content (AvgIpc) is 4.43. The van der Waals surface area contributed by atoms with Crippen LogP contribution in [0, 0.1) is 0 Å². The van der Waals surface area contributed by atoms with Crippen molar-refractivity contribution < 1.29 is 0 Å². The monoisotopic (exact) mass is 1030 g/mol. The maximum Gasteiger partial charge on any atom is 0.145 e. The van der Waals surface area contributed by atoms with Crippen LogP contribution in [0.2, 0.25) is 0 Å². The summed E-state index contributed by atoms with van der Waals surface area (Å²) >= 11 is 0. The van der Waals surface area contributed by atoms with E-state index in [0.717, 1.165) is 150 Å². The SMILES string of the molecule is c1ccc(-c2ccc(-c3nc4c(c5nc(-c6ccc(-c7ccccc7)cc6)n(-c6ccc7ccccc7c6)c5c5nc(-c6ccc(-c7ccccc7)cc6)n(-c6ccc7ccccc7c6)c45)n3-c3ccc4ccccc4c3)cc2)cc1. The maximum absolute atomic E-state index is 5.95. The number of nitrogens with zero attached hydrogens (tertiary/aromatic N) is 6. The summed E-state index contributed by atoms with van der Waals surface area (Å²) in [5, 5.41) is 6.86. The van der Waals surface area contributed by atoms with E-state index >= 15 is 0 Å². The zero-order chi connectivity index (χ0) is 53.4. The third kappa shape index (κ3) is 7.83. The first kappa shape index (κ1) is 46.2. The van der Waals surface area contributed by atoms with Crippen LogP contribution in [0.3, 0.4) is 0 Å². The Labute approximate surface area is 467 Å². The van der Waals surface area contributed by atoms with Crippen molar-refractivity contribution in [1.82, 2.24) is 28.7 Å². The molecule has 81 heavy (non-hydrogen) atoms. The molecule has 0 spiro atoms. The predicted octanol–water partition coefficient (Wildman–Crippen LogP) is 19.2. The highest BCUT2D eigenvalue weighted by molar-refractivity contribution is 6.22. The molecule has 0 N–H and O–H groups in total. The van der Waals surface area contributed by atoms with Gasteiger partial charge >= 0.3 is 0 Å². The molecule has 0 saturated heterocycles. The summed E-state index contributed by atoms with van der Waals surface area (Å²) < 4.78 is 7.06. The molecule has 0 aliphatic carbocycles. The van der Waals surface area contributed by atoms with E-state index in [0.29, 0.717) is 0 Å². The van der Waals surface area contributed by atoms with Crippen molar-refractivity contribution in [2.45, 2.75) is 0 Å². The molecule has 16 aromatic rings. The molecule has 16 rings (SSSR count). The van der Waals surface area contributed by atoms with Crippen molar-refractivity contribution in [3.05, 3.63) is 291 Å². The lowest BCUT2D eigenvalue weighted by Crippen LogP contribution is -2.00. The summed E-state index contributed by atoms with van der Waals surface area (Å²) in [6, 6.07) is 104. The van der Waals surface area contributed by atoms with E-state index in [1.54, 1.807) is 0 Å². The standard InChI is InChI=1S/C75H48N6/c1-4-16-49(17-5-1)55-28-34-58(35-29-55)73-76-67-70(79(73)64-43-40-52-22-10-13-25-61(52)46-64)68-72(81(66-45-42-54-24-12-15-27-63(54)48-66)74(77-68)59-36-30-56(31-37-59)50-18-6-2-7-19-50)69-71(67)80(65-44-41-53-23-11-14-26-62(53)47-65)75(78-69)60-38-32-57(33-39-60)51-20-8-3-9-21-51/h1-48H. The van der Waals surface area contributed by atoms with Gasteiger partial charge in [0, 0.05) is 33.8 Å². The van der Waals surface area contributed by atoms with Crippen LogP contribution < -0.4 is 0 Å². The first-order valence-electron chi connectivity index (χ1n) is 27.5. The lowest BCUT2D eigenvalue weighted by atomic mass is 10.0. The number of fused-ring (bicyclic) bond motifs is 9. The van der Waals surface area contributed by atoms with E-state index in [1.165, 1.54) is 0 Å². The first-order chi connectivity index (χ1) is 40.1. The van der Waals surface area contributed by atoms with Gasteiger partial charge in [-0.25, -0.2) is 15.0 Å². The van der Waals surface area contributed by atoms with E-state index < -0.39 is 0 Å². The van der Waals surface area contributed by atoms with Crippen LogP contribution in [-0.2, 0) is 0 Å². The number of imidazole rings is 3. The number of hydrogen-bond donors (Lipinski definition) is 0. The van der Waals surface area contributed by atoms with E-state index in [-0.39, 0.29) is 0 Å². The van der Waals surface area contributed by atoms with Crippen molar-refractivity contribution in [2.24, 2.45) is 0 Å². The highest BCUT2D eigenvalue weighted by atomic mass is 15.2. The fourth-order valence-corrected chi connectivity index (χ4v) is 12.0. The Morgan fingerprint density at radius 2 is 0.407 bits per heavy atom. The number of benzene rings is 13. The molecule has 0 unspecified atom stereocenters. The van der Waals surface area contributed by atoms with Crippen molar-refractivity contribution in [1.29, 1.82) is 0 Å². The van der Waals surface area contributed by atoms with Gasteiger partial charge in [-0.2, -0.15) is 0 Å². The van der Waals surface area contributed by atoms with Crippen LogP contribution in [0.1, 0.15) is 0 Å². The Morgan fingerprint density at radius 1 is 0.185 bits per heavy atom. The Morgan fingerprint density at radius 3 is 0.679 bits per heavy atom. The largest absolute Gasteiger partial charge is 0.290 e. The average molecular weight is 1030 g/mol. The summed E-state index contributed by atoms with van der Waals surface area (Å²) in [5.74, 6) is 2.38. The van der Waals surface area contributed by atoms with Crippen molar-refractivity contribution >= 4 is 65.4 Å². The molecule has 0 atom stereocenters. The van der Waals surface area contributed by atoms with Gasteiger partial charge in [-0.05, 0) is 102 Å². The molecular formula is C75H48N6. The van der Waals surface area contributed by atoms with Crippen LogP contribution in [-0.4, -0.2) is 28.7 Å². The molecule has 0 fully saturated rings. The van der Waals surface area contributed by atoms with Crippen LogP contribution in [0.4, 0.5) is 0 Å². The second-order valence-electron chi connectivity index (χ2n) is 20.8. The fourth-order valence-electron chi connectivity index (χ4n) is 12.0. The van der Waals surface area contributed by atoms with Crippen molar-refractivity contribution in [3.63, 3.8) is 0 Å². The van der Waals surface area contributed by atoms with Crippen molar-refractivity contribution in [3.8, 4) is 84.6 Å². The van der Waals surface area contributed by atoms with E-state index in [1.807, 2.05) is 0 Å². The molecule has 6 nitrogen and oxygen atoms in total. The molecular weight excluding hydrogens is 985 g/mol. The number of hydrogen-bond acceptors (Lipinski definition) is 3. The zero-order valence-corrected chi connectivity index (χ0v) is 43.9. The summed E-state index contributed by atoms with van der Waals surface area (Å²) in [5.41, 5.74) is 17.7. The molecule has 3 aromatic heterocycles. The third-order valence-corrected chi connectivity index (χ3v) is 16.0. The second-order valence-corrected chi connectivity index (χ2v) is 20.8. The molecule has 6 heteroatoms. The van der Waals surface area contributed by atoms with Crippen LogP contribution in [0.15, 0.2) is 291 Å². The smallest absolute Gasteiger partial charge is 0.145 e. The highest BCUT2D eigenvalue weighted by Gasteiger charge is 2.31. The lowest BCUT2D eigenvalue weighted by Gasteiger charge is -2.14. The fraction of sp³-hybridized carbons (Fsp3) is 0. The molecule has 0 radical (unpaired) electrons. The van der Waals surface area contributed by atoms with Gasteiger partial charge in [0.15, 0.2) is 0 Å². The topological polar surface area (TPSA) is 53.5 Å². The second kappa shape index (κ2) is 18.9. The van der Waals surface area contributed by atoms with E-state index in [4.69, 9.17) is 15.0 Å². The van der Waals surface area contributed by atoms with Crippen LogP contribution in [0.25, 0.3) is 150 Å². The quantitative estimate of drug-likeness (QED) is 0.145. The van der Waals surface area contributed by atoms with E-state index in [9.17, 15) is 0 Å². The Balaban J connectivity index is 1.08. The lowest BCUT2D eigenvalue weighted by molar-refractivity contribution is 1.10. The Kier molecular flexibility index (Phi) is 10.8. The van der Waals surface area contributed by atoms with E-state index in [2.05, 4.69) is 305 Å². The minimum atomic E-state index is 0.787. The number of rotatable bonds is 9. The van der Waals surface area contributed by atoms with Gasteiger partial charge in [0.2, 0.25) is 0 Å². The summed E-state index contributed by atoms with van der Waals surface area (Å²) in [6.07, 6.45) is 0. The molecule has 0 aliphatic heterocycles. The highest BCUT2D eigenvalue weighted by Crippen LogP contribution is 2.45. The molecule has 0 aliphatic rings. The minimum Gasteiger partial charge on any atom is -0.290 e. The van der Waals surface area contributed by atoms with Gasteiger partial charge in [-0.15, -0.1) is 0 Å². The van der Waals surface area contributed by atoms with Gasteiger partial charge in [0.1, 0.15) is 50.6 Å². The van der Waals surface area contributed by atoms with Gasteiger partial charge in [0.05, 0.1) is 0 Å². The Hall–Kier alpha value is -11.0. The van der Waals surface area contributed by atoms with Gasteiger partial charge in [-0.1, -0.05) is 255 Å². The number of aromatic nitrogens is 6. The van der Waals surface area contributed by atoms with Gasteiger partial charge in [-0.3, -0.25) is 13.7 Å². The Bertz CT molecular complexity index is 4520. The van der Waals surface area contributed by atoms with Crippen LogP contribution in [0.5, 0.6) is 0 Å². The summed E-state index contributed by atoms with van der Waals surface area (Å²) in [4.78, 5) is 17.9. The zero-order valence-electron chi connectivity index (χ0n) is 43.9. The molecule has 378 valence electrons.